The molecule has 8 bridgehead atoms. The van der Waals surface area contributed by atoms with Gasteiger partial charge >= 0.3 is 21.1 Å². The molecule has 2 aromatic heterocycles. The van der Waals surface area contributed by atoms with E-state index in [1.807, 2.05) is 12.4 Å². The van der Waals surface area contributed by atoms with Gasteiger partial charge < -0.3 is 19.6 Å². The standard InChI is InChI=1S/C50H38N6.Pt/c1-3-19-39-37(17-1)38-18-2-4-20-40(38)49(39)33-13-9-15-35(29-33)53-31-55(45-25-7-5-23-43(45)53)50(41-21-11-27-51-47(41)48-42(50)22-12-28-52-48)56-32-54(36-16-10-14-34(49)30-36)44-24-6-8-26-46(44)56;/h1-4,9-22,27-28,31-32H,5-8,23-26H2;/q-4;+4. The van der Waals surface area contributed by atoms with E-state index in [1.165, 1.54) is 56.2 Å². The van der Waals surface area contributed by atoms with E-state index < -0.39 is 11.1 Å². The van der Waals surface area contributed by atoms with Crippen LogP contribution in [0.3, 0.4) is 0 Å². The minimum Gasteiger partial charge on any atom is -0.497 e. The maximum atomic E-state index is 5.08. The Morgan fingerprint density at radius 1 is 0.474 bits per heavy atom. The Morgan fingerprint density at radius 2 is 0.912 bits per heavy atom. The van der Waals surface area contributed by atoms with Crippen molar-refractivity contribution in [3.05, 3.63) is 203 Å². The van der Waals surface area contributed by atoms with Gasteiger partial charge in [0, 0.05) is 51.7 Å². The van der Waals surface area contributed by atoms with Gasteiger partial charge in [0.25, 0.3) is 0 Å². The van der Waals surface area contributed by atoms with Crippen molar-refractivity contribution in [1.29, 1.82) is 0 Å². The smallest absolute Gasteiger partial charge is 0.497 e. The minimum absolute atomic E-state index is 0. The van der Waals surface area contributed by atoms with Gasteiger partial charge in [0.15, 0.2) is 0 Å². The largest absolute Gasteiger partial charge is 4.00 e. The number of anilines is 2. The average molecular weight is 918 g/mol. The van der Waals surface area contributed by atoms with E-state index in [-0.39, 0.29) is 21.1 Å². The van der Waals surface area contributed by atoms with E-state index >= 15 is 0 Å². The molecule has 0 radical (unpaired) electrons. The van der Waals surface area contributed by atoms with Crippen molar-refractivity contribution in [2.24, 2.45) is 0 Å². The zero-order valence-electron chi connectivity index (χ0n) is 31.4. The summed E-state index contributed by atoms with van der Waals surface area (Å²) in [6.45, 7) is 4.81. The van der Waals surface area contributed by atoms with E-state index in [1.54, 1.807) is 0 Å². The molecule has 278 valence electrons. The predicted molar refractivity (Wildman–Crippen MR) is 218 cm³/mol. The van der Waals surface area contributed by atoms with Gasteiger partial charge in [0.1, 0.15) is 5.66 Å². The molecule has 7 heteroatoms. The van der Waals surface area contributed by atoms with Gasteiger partial charge in [0.2, 0.25) is 0 Å². The van der Waals surface area contributed by atoms with Crippen molar-refractivity contribution in [3.8, 4) is 22.5 Å². The van der Waals surface area contributed by atoms with Crippen LogP contribution in [0.25, 0.3) is 22.5 Å². The molecule has 4 aromatic carbocycles. The topological polar surface area (TPSA) is 38.7 Å². The van der Waals surface area contributed by atoms with E-state index in [2.05, 4.69) is 154 Å². The molecule has 0 saturated carbocycles. The Bertz CT molecular complexity index is 2550. The van der Waals surface area contributed by atoms with Gasteiger partial charge in [-0.2, -0.15) is 48.5 Å². The first kappa shape index (κ1) is 33.7. The summed E-state index contributed by atoms with van der Waals surface area (Å²) in [4.78, 5) is 20.4. The first-order valence-electron chi connectivity index (χ1n) is 20.3. The summed E-state index contributed by atoms with van der Waals surface area (Å²) in [5.41, 5.74) is 17.9. The fourth-order valence-electron chi connectivity index (χ4n) is 11.4. The predicted octanol–water partition coefficient (Wildman–Crippen LogP) is 10.4. The molecular formula is C50H38N6Pt. The van der Waals surface area contributed by atoms with Crippen molar-refractivity contribution < 1.29 is 21.1 Å². The van der Waals surface area contributed by atoms with Gasteiger partial charge in [-0.05, 0) is 85.8 Å². The Morgan fingerprint density at radius 3 is 1.40 bits per heavy atom. The van der Waals surface area contributed by atoms with Crippen molar-refractivity contribution in [2.45, 2.75) is 62.4 Å². The second-order valence-corrected chi connectivity index (χ2v) is 16.1. The van der Waals surface area contributed by atoms with Crippen molar-refractivity contribution in [2.75, 3.05) is 9.80 Å². The third kappa shape index (κ3) is 4.19. The van der Waals surface area contributed by atoms with Crippen LogP contribution in [-0.2, 0) is 32.1 Å². The van der Waals surface area contributed by atoms with Crippen LogP contribution in [-0.4, -0.2) is 19.8 Å². The van der Waals surface area contributed by atoms with Crippen molar-refractivity contribution in [1.82, 2.24) is 19.8 Å². The molecule has 5 heterocycles. The number of aromatic nitrogens is 2. The Hall–Kier alpha value is -5.45. The van der Waals surface area contributed by atoms with Crippen LogP contribution in [0, 0.1) is 25.5 Å². The van der Waals surface area contributed by atoms with Crippen LogP contribution >= 0.6 is 0 Å². The normalized spacial score (nSPS) is 19.8. The molecule has 0 amide bonds. The summed E-state index contributed by atoms with van der Waals surface area (Å²) in [7, 11) is 0. The molecule has 2 spiro atoms. The van der Waals surface area contributed by atoms with Crippen LogP contribution in [0.2, 0.25) is 0 Å². The second kappa shape index (κ2) is 12.3. The monoisotopic (exact) mass is 917 g/mol. The molecule has 3 aliphatic heterocycles. The molecule has 7 aliphatic rings. The van der Waals surface area contributed by atoms with Crippen LogP contribution in [0.1, 0.15) is 84.7 Å². The van der Waals surface area contributed by atoms with Crippen LogP contribution in [0.4, 0.5) is 11.4 Å². The summed E-state index contributed by atoms with van der Waals surface area (Å²) < 4.78 is 0. The van der Waals surface area contributed by atoms with Gasteiger partial charge in [-0.25, -0.2) is 0 Å². The number of benzene rings is 4. The molecule has 0 saturated heterocycles. The van der Waals surface area contributed by atoms with E-state index in [9.17, 15) is 0 Å². The number of hydrogen-bond donors (Lipinski definition) is 0. The van der Waals surface area contributed by atoms with Crippen LogP contribution < -0.4 is 9.80 Å². The number of nitrogens with zero attached hydrogens (tertiary/aromatic N) is 6. The summed E-state index contributed by atoms with van der Waals surface area (Å²) in [6, 6.07) is 48.7. The van der Waals surface area contributed by atoms with E-state index in [0.717, 1.165) is 85.3 Å². The second-order valence-electron chi connectivity index (χ2n) is 16.1. The number of fused-ring (bicyclic) bond motifs is 28. The Kier molecular flexibility index (Phi) is 7.25. The fraction of sp³-hybridized carbons (Fsp3) is 0.200. The van der Waals surface area contributed by atoms with Gasteiger partial charge in [0.05, 0.1) is 11.4 Å². The number of rotatable bonds is 0. The zero-order chi connectivity index (χ0) is 36.6. The molecule has 13 rings (SSSR count). The Balaban J connectivity index is 0.00000356. The van der Waals surface area contributed by atoms with Crippen LogP contribution in [0.5, 0.6) is 0 Å². The summed E-state index contributed by atoms with van der Waals surface area (Å²) >= 11 is 0. The molecule has 4 aliphatic carbocycles. The molecule has 0 N–H and O–H groups in total. The number of hydrogen-bond acceptors (Lipinski definition) is 6. The molecule has 6 nitrogen and oxygen atoms in total. The van der Waals surface area contributed by atoms with E-state index in [0.29, 0.717) is 0 Å². The zero-order valence-corrected chi connectivity index (χ0v) is 33.6. The fourth-order valence-corrected chi connectivity index (χ4v) is 11.4. The quantitative estimate of drug-likeness (QED) is 0.141. The number of allylic oxidation sites excluding steroid dienone is 4. The van der Waals surface area contributed by atoms with Crippen LogP contribution in [0.15, 0.2) is 144 Å². The molecule has 0 fully saturated rings. The van der Waals surface area contributed by atoms with Gasteiger partial charge in [-0.1, -0.05) is 60.7 Å². The summed E-state index contributed by atoms with van der Waals surface area (Å²) in [5, 5.41) is 0. The molecule has 6 aromatic rings. The van der Waals surface area contributed by atoms with Crippen molar-refractivity contribution >= 4 is 11.4 Å². The molecular weight excluding hydrogens is 880 g/mol. The Labute approximate surface area is 348 Å². The third-order valence-corrected chi connectivity index (χ3v) is 13.6. The van der Waals surface area contributed by atoms with E-state index in [4.69, 9.17) is 9.97 Å². The summed E-state index contributed by atoms with van der Waals surface area (Å²) in [6.07, 6.45) is 12.5. The molecule has 0 atom stereocenters. The molecule has 0 unspecified atom stereocenters. The average Bonchev–Trinajstić information content (AvgIpc) is 4.01. The maximum Gasteiger partial charge on any atom is 4.00 e. The van der Waals surface area contributed by atoms with Crippen molar-refractivity contribution in [3.63, 3.8) is 0 Å². The first-order valence-corrected chi connectivity index (χ1v) is 20.3. The minimum atomic E-state index is -0.740. The summed E-state index contributed by atoms with van der Waals surface area (Å²) in [5.74, 6) is 0. The maximum absolute atomic E-state index is 5.08. The first-order chi connectivity index (χ1) is 27.8. The van der Waals surface area contributed by atoms with Gasteiger partial charge in [-0.3, -0.25) is 9.97 Å². The molecule has 57 heavy (non-hydrogen) atoms. The van der Waals surface area contributed by atoms with Gasteiger partial charge in [-0.15, -0.1) is 35.8 Å². The SMILES string of the molecule is [Pt+4].[c-]1c2cccc1C1(c3[c-]c(ccc3)N3[CH-]N(C4=C3CCCC4)C3(c4cccnc4-c4ncccc43)N3[CH-]N2C2=C3CCCC2)c2ccccc2-c2ccccc21. The number of pyridine rings is 2. The third-order valence-electron chi connectivity index (χ3n) is 13.6.